The number of benzene rings is 1. The Morgan fingerprint density at radius 1 is 1.14 bits per heavy atom. The molecule has 3 heterocycles. The van der Waals surface area contributed by atoms with E-state index in [0.29, 0.717) is 24.8 Å². The van der Waals surface area contributed by atoms with E-state index in [1.54, 1.807) is 0 Å². The van der Waals surface area contributed by atoms with Crippen LogP contribution in [0.4, 0.5) is 0 Å². The fourth-order valence-electron chi connectivity index (χ4n) is 5.69. The van der Waals surface area contributed by atoms with E-state index in [-0.39, 0.29) is 11.5 Å². The Morgan fingerprint density at radius 3 is 2.57 bits per heavy atom. The molecular formula is C29H44N4O2. The maximum absolute atomic E-state index is 12.7. The number of nitrogens with one attached hydrogen (secondary N) is 1. The van der Waals surface area contributed by atoms with E-state index in [1.165, 1.54) is 18.7 Å². The van der Waals surface area contributed by atoms with Gasteiger partial charge in [0.2, 0.25) is 5.91 Å². The highest BCUT2D eigenvalue weighted by molar-refractivity contribution is 5.76. The second-order valence-corrected chi connectivity index (χ2v) is 11.7. The van der Waals surface area contributed by atoms with E-state index >= 15 is 0 Å². The van der Waals surface area contributed by atoms with Gasteiger partial charge in [-0.05, 0) is 95.0 Å². The van der Waals surface area contributed by atoms with Crippen LogP contribution in [0.1, 0.15) is 71.2 Å². The first-order valence-corrected chi connectivity index (χ1v) is 13.5. The molecule has 2 saturated heterocycles. The van der Waals surface area contributed by atoms with Crippen molar-refractivity contribution in [3.8, 4) is 5.69 Å². The van der Waals surface area contributed by atoms with Crippen molar-refractivity contribution in [3.63, 3.8) is 0 Å². The predicted molar refractivity (Wildman–Crippen MR) is 140 cm³/mol. The minimum absolute atomic E-state index is 0.0197. The Kier molecular flexibility index (Phi) is 8.66. The normalized spacial score (nSPS) is 21.3. The van der Waals surface area contributed by atoms with Gasteiger partial charge in [0.05, 0.1) is 23.5 Å². The second kappa shape index (κ2) is 11.7. The van der Waals surface area contributed by atoms with E-state index in [2.05, 4.69) is 56.1 Å². The molecule has 1 atom stereocenters. The van der Waals surface area contributed by atoms with Gasteiger partial charge < -0.3 is 15.0 Å². The van der Waals surface area contributed by atoms with Crippen LogP contribution in [-0.2, 0) is 22.5 Å². The molecule has 0 aliphatic carbocycles. The van der Waals surface area contributed by atoms with E-state index < -0.39 is 0 Å². The summed E-state index contributed by atoms with van der Waals surface area (Å²) in [5.41, 5.74) is 3.20. The largest absolute Gasteiger partial charge is 0.376 e. The molecule has 1 aromatic heterocycles. The van der Waals surface area contributed by atoms with Crippen molar-refractivity contribution in [2.24, 2.45) is 17.8 Å². The van der Waals surface area contributed by atoms with Crippen molar-refractivity contribution < 1.29 is 9.53 Å². The van der Waals surface area contributed by atoms with Crippen molar-refractivity contribution in [1.82, 2.24) is 20.0 Å². The van der Waals surface area contributed by atoms with Gasteiger partial charge in [0.25, 0.3) is 0 Å². The first-order valence-electron chi connectivity index (χ1n) is 13.5. The van der Waals surface area contributed by atoms with Crippen molar-refractivity contribution >= 4 is 5.91 Å². The quantitative estimate of drug-likeness (QED) is 0.549. The van der Waals surface area contributed by atoms with Gasteiger partial charge in [0.1, 0.15) is 0 Å². The number of carbonyl (C=O) groups is 1. The molecule has 0 bridgehead atoms. The second-order valence-electron chi connectivity index (χ2n) is 11.7. The van der Waals surface area contributed by atoms with Crippen LogP contribution in [0.5, 0.6) is 0 Å². The smallest absolute Gasteiger partial charge is 0.220 e. The van der Waals surface area contributed by atoms with Crippen molar-refractivity contribution in [3.05, 3.63) is 47.8 Å². The number of likely N-dealkylation sites (tertiary alicyclic amines) is 1. The number of nitrogens with zero attached hydrogens (tertiary/aromatic N) is 3. The Hall–Kier alpha value is -2.18. The average Bonchev–Trinajstić information content (AvgIpc) is 3.21. The highest BCUT2D eigenvalue weighted by Gasteiger charge is 2.31. The summed E-state index contributed by atoms with van der Waals surface area (Å²) >= 11 is 0. The van der Waals surface area contributed by atoms with Crippen LogP contribution in [0, 0.1) is 17.8 Å². The lowest BCUT2D eigenvalue weighted by atomic mass is 9.87. The fraction of sp³-hybridized carbons (Fsp3) is 0.655. The predicted octanol–water partition coefficient (Wildman–Crippen LogP) is 4.99. The number of rotatable bonds is 9. The zero-order valence-electron chi connectivity index (χ0n) is 22.1. The summed E-state index contributed by atoms with van der Waals surface area (Å²) in [5, 5.41) is 7.95. The number of aromatic nitrogens is 2. The summed E-state index contributed by atoms with van der Waals surface area (Å²) in [6.45, 7) is 13.6. The van der Waals surface area contributed by atoms with E-state index in [9.17, 15) is 4.79 Å². The number of amides is 1. The van der Waals surface area contributed by atoms with Gasteiger partial charge >= 0.3 is 0 Å². The molecule has 0 radical (unpaired) electrons. The summed E-state index contributed by atoms with van der Waals surface area (Å²) in [6.07, 6.45) is 6.12. The third-order valence-electron chi connectivity index (χ3n) is 7.42. The van der Waals surface area contributed by atoms with Crippen molar-refractivity contribution in [2.75, 3.05) is 26.2 Å². The first-order chi connectivity index (χ1) is 16.8. The van der Waals surface area contributed by atoms with Gasteiger partial charge in [-0.3, -0.25) is 4.79 Å². The van der Waals surface area contributed by atoms with Crippen LogP contribution >= 0.6 is 0 Å². The minimum atomic E-state index is 0.0197. The highest BCUT2D eigenvalue weighted by atomic mass is 16.5. The van der Waals surface area contributed by atoms with Crippen molar-refractivity contribution in [1.29, 1.82) is 0 Å². The van der Waals surface area contributed by atoms with Gasteiger partial charge in [0.15, 0.2) is 0 Å². The molecule has 1 unspecified atom stereocenters. The molecule has 2 aliphatic heterocycles. The number of ether oxygens (including phenoxy) is 1. The van der Waals surface area contributed by atoms with Crippen LogP contribution in [0.25, 0.3) is 5.69 Å². The lowest BCUT2D eigenvalue weighted by Crippen LogP contribution is -2.42. The topological polar surface area (TPSA) is 59.4 Å². The van der Waals surface area contributed by atoms with Gasteiger partial charge in [-0.1, -0.05) is 32.0 Å². The first kappa shape index (κ1) is 25.9. The molecule has 0 saturated carbocycles. The lowest BCUT2D eigenvalue weighted by molar-refractivity contribution is -0.122. The van der Waals surface area contributed by atoms with Gasteiger partial charge in [-0.25, -0.2) is 4.68 Å². The Labute approximate surface area is 211 Å². The molecule has 6 nitrogen and oxygen atoms in total. The number of para-hydroxylation sites is 1. The Morgan fingerprint density at radius 2 is 1.89 bits per heavy atom. The zero-order chi connectivity index (χ0) is 24.8. The van der Waals surface area contributed by atoms with Crippen LogP contribution in [0.2, 0.25) is 0 Å². The number of hydrogen-bond acceptors (Lipinski definition) is 4. The molecule has 2 aliphatic rings. The molecular weight excluding hydrogens is 436 g/mol. The summed E-state index contributed by atoms with van der Waals surface area (Å²) < 4.78 is 7.90. The van der Waals surface area contributed by atoms with E-state index in [1.807, 2.05) is 22.9 Å². The number of hydrogen-bond donors (Lipinski definition) is 1. The van der Waals surface area contributed by atoms with Crippen LogP contribution in [-0.4, -0.2) is 52.4 Å². The monoisotopic (exact) mass is 480 g/mol. The standard InChI is InChI=1S/C29H44N4O2/c1-22(2)16-27-18-25(31-33(27)26-8-6-5-7-9-26)20-30-28(34)17-23-10-13-32(14-11-23)21-24-12-15-35-29(3,4)19-24/h5-9,18,22-24H,10-17,19-21H2,1-4H3,(H,30,34). The molecule has 0 spiro atoms. The van der Waals surface area contributed by atoms with Crippen LogP contribution in [0.3, 0.4) is 0 Å². The third-order valence-corrected chi connectivity index (χ3v) is 7.42. The molecule has 2 aromatic rings. The summed E-state index contributed by atoms with van der Waals surface area (Å²) in [5.74, 6) is 1.90. The number of carbonyl (C=O) groups excluding carboxylic acids is 1. The van der Waals surface area contributed by atoms with Crippen LogP contribution in [0.15, 0.2) is 36.4 Å². The highest BCUT2D eigenvalue weighted by Crippen LogP contribution is 2.30. The van der Waals surface area contributed by atoms with E-state index in [4.69, 9.17) is 9.84 Å². The molecule has 4 rings (SSSR count). The zero-order valence-corrected chi connectivity index (χ0v) is 22.1. The minimum Gasteiger partial charge on any atom is -0.376 e. The SMILES string of the molecule is CC(C)Cc1cc(CNC(=O)CC2CCN(CC3CCOC(C)(C)C3)CC2)nn1-c1ccccc1. The molecule has 35 heavy (non-hydrogen) atoms. The summed E-state index contributed by atoms with van der Waals surface area (Å²) in [4.78, 5) is 15.3. The van der Waals surface area contributed by atoms with Gasteiger partial charge in [-0.2, -0.15) is 5.10 Å². The van der Waals surface area contributed by atoms with Gasteiger partial charge in [-0.15, -0.1) is 0 Å². The lowest BCUT2D eigenvalue weighted by Gasteiger charge is -2.39. The number of piperidine rings is 1. The van der Waals surface area contributed by atoms with Crippen molar-refractivity contribution in [2.45, 2.75) is 78.4 Å². The third kappa shape index (κ3) is 7.65. The molecule has 192 valence electrons. The van der Waals surface area contributed by atoms with Crippen LogP contribution < -0.4 is 5.32 Å². The summed E-state index contributed by atoms with van der Waals surface area (Å²) in [7, 11) is 0. The van der Waals surface area contributed by atoms with Gasteiger partial charge in [0, 0.05) is 25.3 Å². The molecule has 6 heteroatoms. The molecule has 2 fully saturated rings. The average molecular weight is 481 g/mol. The Balaban J connectivity index is 1.23. The molecule has 1 amide bonds. The summed E-state index contributed by atoms with van der Waals surface area (Å²) in [6, 6.07) is 12.4. The fourth-order valence-corrected chi connectivity index (χ4v) is 5.69. The maximum Gasteiger partial charge on any atom is 0.220 e. The maximum atomic E-state index is 12.7. The molecule has 1 aromatic carbocycles. The molecule has 1 N–H and O–H groups in total. The Bertz CT molecular complexity index is 945. The van der Waals surface area contributed by atoms with E-state index in [0.717, 1.165) is 62.7 Å².